The van der Waals surface area contributed by atoms with E-state index in [4.69, 9.17) is 0 Å². The molecule has 0 amide bonds. The zero-order valence-electron chi connectivity index (χ0n) is 6.06. The summed E-state index contributed by atoms with van der Waals surface area (Å²) in [5.41, 5.74) is 0. The second-order valence-corrected chi connectivity index (χ2v) is 3.45. The molecule has 9 heavy (non-hydrogen) atoms. The minimum atomic E-state index is 0.878. The van der Waals surface area contributed by atoms with Crippen molar-refractivity contribution < 1.29 is 0 Å². The molecule has 2 fully saturated rings. The first kappa shape index (κ1) is 5.72. The van der Waals surface area contributed by atoms with Gasteiger partial charge in [0.15, 0.2) is 0 Å². The Labute approximate surface area is 56.8 Å². The molecule has 2 rings (SSSR count). The van der Waals surface area contributed by atoms with E-state index in [1.165, 1.54) is 25.7 Å². The molecule has 2 bridgehead atoms. The van der Waals surface area contributed by atoms with Crippen LogP contribution in [0, 0.1) is 5.92 Å². The summed E-state index contributed by atoms with van der Waals surface area (Å²) in [7, 11) is 0. The Morgan fingerprint density at radius 1 is 1.44 bits per heavy atom. The van der Waals surface area contributed by atoms with Crippen molar-refractivity contribution in [2.45, 2.75) is 44.7 Å². The number of rotatable bonds is 1. The number of piperidine rings is 1. The van der Waals surface area contributed by atoms with Gasteiger partial charge in [-0.05, 0) is 31.6 Å². The van der Waals surface area contributed by atoms with Crippen molar-refractivity contribution in [3.63, 3.8) is 0 Å². The summed E-state index contributed by atoms with van der Waals surface area (Å²) >= 11 is 0. The maximum absolute atomic E-state index is 3.64. The van der Waals surface area contributed by atoms with Gasteiger partial charge in [0, 0.05) is 12.1 Å². The second kappa shape index (κ2) is 1.98. The van der Waals surface area contributed by atoms with E-state index in [0.717, 1.165) is 18.0 Å². The lowest BCUT2D eigenvalue weighted by Crippen LogP contribution is -2.34. The molecule has 0 spiro atoms. The third-order valence-corrected chi connectivity index (χ3v) is 2.93. The third kappa shape index (κ3) is 0.787. The van der Waals surface area contributed by atoms with Gasteiger partial charge in [-0.1, -0.05) is 6.92 Å². The van der Waals surface area contributed by atoms with Crippen molar-refractivity contribution in [3.05, 3.63) is 0 Å². The Hall–Kier alpha value is -0.0400. The molecular weight excluding hydrogens is 110 g/mol. The molecule has 2 aliphatic rings. The molecule has 0 aromatic heterocycles. The number of fused-ring (bicyclic) bond motifs is 2. The lowest BCUT2D eigenvalue weighted by Gasteiger charge is -2.20. The van der Waals surface area contributed by atoms with Crippen molar-refractivity contribution in [1.82, 2.24) is 5.32 Å². The minimum absolute atomic E-state index is 0.878. The lowest BCUT2D eigenvalue weighted by molar-refractivity contribution is 0.373. The van der Waals surface area contributed by atoms with E-state index in [9.17, 15) is 0 Å². The van der Waals surface area contributed by atoms with Gasteiger partial charge in [0.1, 0.15) is 0 Å². The molecule has 1 aliphatic carbocycles. The van der Waals surface area contributed by atoms with E-state index >= 15 is 0 Å². The predicted molar refractivity (Wildman–Crippen MR) is 38.3 cm³/mol. The topological polar surface area (TPSA) is 12.0 Å². The molecule has 1 saturated heterocycles. The number of nitrogens with one attached hydrogen (secondary N) is 1. The van der Waals surface area contributed by atoms with Crippen molar-refractivity contribution in [2.75, 3.05) is 0 Å². The van der Waals surface area contributed by atoms with Gasteiger partial charge in [-0.15, -0.1) is 0 Å². The standard InChI is InChI=1S/C8H15N/c1-2-8-6-3-4-7(5-6)9-8/h6-9H,2-5H2,1H3/t6-,7+,8+/m0/s1. The highest BCUT2D eigenvalue weighted by molar-refractivity contribution is 4.95. The number of hydrogen-bond acceptors (Lipinski definition) is 1. The van der Waals surface area contributed by atoms with E-state index in [2.05, 4.69) is 12.2 Å². The van der Waals surface area contributed by atoms with Crippen LogP contribution in [0.4, 0.5) is 0 Å². The summed E-state index contributed by atoms with van der Waals surface area (Å²) in [5, 5.41) is 3.64. The normalized spacial score (nSPS) is 48.3. The van der Waals surface area contributed by atoms with Crippen molar-refractivity contribution in [1.29, 1.82) is 0 Å². The fraction of sp³-hybridized carbons (Fsp3) is 1.00. The summed E-state index contributed by atoms with van der Waals surface area (Å²) in [6.45, 7) is 2.29. The minimum Gasteiger partial charge on any atom is -0.311 e. The summed E-state index contributed by atoms with van der Waals surface area (Å²) < 4.78 is 0. The van der Waals surface area contributed by atoms with Gasteiger partial charge in [0.05, 0.1) is 0 Å². The Balaban J connectivity index is 2.01. The van der Waals surface area contributed by atoms with E-state index in [1.54, 1.807) is 0 Å². The first-order valence-electron chi connectivity index (χ1n) is 4.16. The fourth-order valence-corrected chi connectivity index (χ4v) is 2.42. The highest BCUT2D eigenvalue weighted by Gasteiger charge is 2.37. The molecule has 0 aromatic carbocycles. The van der Waals surface area contributed by atoms with Crippen molar-refractivity contribution in [3.8, 4) is 0 Å². The molecule has 52 valence electrons. The van der Waals surface area contributed by atoms with Crippen molar-refractivity contribution >= 4 is 0 Å². The van der Waals surface area contributed by atoms with Gasteiger partial charge >= 0.3 is 0 Å². The van der Waals surface area contributed by atoms with Crippen LogP contribution in [0.15, 0.2) is 0 Å². The van der Waals surface area contributed by atoms with Crippen LogP contribution >= 0.6 is 0 Å². The maximum Gasteiger partial charge on any atom is 0.00958 e. The van der Waals surface area contributed by atoms with Crippen LogP contribution < -0.4 is 5.32 Å². The average Bonchev–Trinajstić information content (AvgIpc) is 2.45. The predicted octanol–water partition coefficient (Wildman–Crippen LogP) is 1.54. The van der Waals surface area contributed by atoms with Crippen LogP contribution in [0.3, 0.4) is 0 Å². The molecule has 0 aromatic rings. The monoisotopic (exact) mass is 125 g/mol. The quantitative estimate of drug-likeness (QED) is 0.560. The SMILES string of the molecule is CC[C@H]1N[C@@H]2CC[C@H]1C2. The molecule has 0 unspecified atom stereocenters. The second-order valence-electron chi connectivity index (χ2n) is 3.45. The van der Waals surface area contributed by atoms with Gasteiger partial charge < -0.3 is 5.32 Å². The van der Waals surface area contributed by atoms with Gasteiger partial charge in [-0.25, -0.2) is 0 Å². The van der Waals surface area contributed by atoms with Gasteiger partial charge in [-0.3, -0.25) is 0 Å². The first-order chi connectivity index (χ1) is 4.40. The largest absolute Gasteiger partial charge is 0.311 e. The highest BCUT2D eigenvalue weighted by atomic mass is 15.0. The van der Waals surface area contributed by atoms with Gasteiger partial charge in [-0.2, -0.15) is 0 Å². The zero-order valence-corrected chi connectivity index (χ0v) is 6.06. The third-order valence-electron chi connectivity index (χ3n) is 2.93. The van der Waals surface area contributed by atoms with E-state index in [1.807, 2.05) is 0 Å². The lowest BCUT2D eigenvalue weighted by atomic mass is 9.98. The Morgan fingerprint density at radius 2 is 2.33 bits per heavy atom. The summed E-state index contributed by atoms with van der Waals surface area (Å²) in [5.74, 6) is 1.04. The zero-order chi connectivity index (χ0) is 6.27. The Bertz CT molecular complexity index is 111. The van der Waals surface area contributed by atoms with Crippen LogP contribution in [-0.4, -0.2) is 12.1 Å². The van der Waals surface area contributed by atoms with Crippen LogP contribution in [0.2, 0.25) is 0 Å². The molecule has 0 radical (unpaired) electrons. The average molecular weight is 125 g/mol. The Morgan fingerprint density at radius 3 is 2.67 bits per heavy atom. The van der Waals surface area contributed by atoms with Crippen LogP contribution in [0.1, 0.15) is 32.6 Å². The Kier molecular flexibility index (Phi) is 1.26. The summed E-state index contributed by atoms with van der Waals surface area (Å²) in [6, 6.07) is 1.78. The van der Waals surface area contributed by atoms with E-state index in [-0.39, 0.29) is 0 Å². The molecule has 1 aliphatic heterocycles. The summed E-state index contributed by atoms with van der Waals surface area (Å²) in [4.78, 5) is 0. The van der Waals surface area contributed by atoms with E-state index < -0.39 is 0 Å². The van der Waals surface area contributed by atoms with Crippen molar-refractivity contribution in [2.24, 2.45) is 5.92 Å². The van der Waals surface area contributed by atoms with E-state index in [0.29, 0.717) is 0 Å². The maximum atomic E-state index is 3.64. The molecule has 3 atom stereocenters. The number of hydrogen-bond donors (Lipinski definition) is 1. The molecule has 1 N–H and O–H groups in total. The van der Waals surface area contributed by atoms with Gasteiger partial charge in [0.2, 0.25) is 0 Å². The highest BCUT2D eigenvalue weighted by Crippen LogP contribution is 2.36. The van der Waals surface area contributed by atoms with Crippen LogP contribution in [-0.2, 0) is 0 Å². The smallest absolute Gasteiger partial charge is 0.00958 e. The van der Waals surface area contributed by atoms with Crippen LogP contribution in [0.5, 0.6) is 0 Å². The molecule has 1 saturated carbocycles. The fourth-order valence-electron chi connectivity index (χ4n) is 2.42. The first-order valence-corrected chi connectivity index (χ1v) is 4.16. The molecular formula is C8H15N. The molecule has 1 nitrogen and oxygen atoms in total. The molecule has 1 heterocycles. The van der Waals surface area contributed by atoms with Gasteiger partial charge in [0.25, 0.3) is 0 Å². The molecule has 1 heteroatoms. The summed E-state index contributed by atoms with van der Waals surface area (Å²) in [6.07, 6.45) is 5.75. The van der Waals surface area contributed by atoms with Crippen LogP contribution in [0.25, 0.3) is 0 Å².